The third-order valence-electron chi connectivity index (χ3n) is 5.58. The lowest BCUT2D eigenvalue weighted by atomic mass is 10.1. The molecule has 0 amide bonds. The molecule has 1 aliphatic rings. The Morgan fingerprint density at radius 1 is 0.971 bits per heavy atom. The highest BCUT2D eigenvalue weighted by Crippen LogP contribution is 2.39. The predicted molar refractivity (Wildman–Crippen MR) is 136 cm³/mol. The lowest BCUT2D eigenvalue weighted by Crippen LogP contribution is -2.30. The molecule has 3 N–H and O–H groups in total. The SMILES string of the molecule is Cc1cccc(-c2nccc(Nc3ccnc(Nc4scc(C(=O)O)c4N4CCCCC4)n3)n2)n1. The minimum Gasteiger partial charge on any atom is -0.478 e. The van der Waals surface area contributed by atoms with Gasteiger partial charge in [-0.2, -0.15) is 4.98 Å². The first-order valence-corrected chi connectivity index (χ1v) is 12.2. The Morgan fingerprint density at radius 3 is 2.51 bits per heavy atom. The Balaban J connectivity index is 1.37. The zero-order valence-electron chi connectivity index (χ0n) is 19.1. The fourth-order valence-electron chi connectivity index (χ4n) is 3.96. The van der Waals surface area contributed by atoms with E-state index in [9.17, 15) is 9.90 Å². The number of carbonyl (C=O) groups is 1. The maximum absolute atomic E-state index is 11.8. The van der Waals surface area contributed by atoms with Crippen LogP contribution in [0.5, 0.6) is 0 Å². The second-order valence-electron chi connectivity index (χ2n) is 8.13. The van der Waals surface area contributed by atoms with Crippen LogP contribution >= 0.6 is 11.3 Å². The van der Waals surface area contributed by atoms with Gasteiger partial charge in [0.1, 0.15) is 22.3 Å². The molecule has 0 atom stereocenters. The maximum Gasteiger partial charge on any atom is 0.338 e. The summed E-state index contributed by atoms with van der Waals surface area (Å²) in [5.74, 6) is 1.05. The molecule has 5 heterocycles. The molecule has 0 aromatic carbocycles. The second-order valence-corrected chi connectivity index (χ2v) is 9.00. The third kappa shape index (κ3) is 5.19. The first-order valence-electron chi connectivity index (χ1n) is 11.3. The van der Waals surface area contributed by atoms with E-state index in [1.54, 1.807) is 29.9 Å². The van der Waals surface area contributed by atoms with Gasteiger partial charge in [-0.3, -0.25) is 0 Å². The van der Waals surface area contributed by atoms with Crippen LogP contribution in [-0.2, 0) is 0 Å². The van der Waals surface area contributed by atoms with Crippen LogP contribution in [0.15, 0.2) is 48.1 Å². The summed E-state index contributed by atoms with van der Waals surface area (Å²) in [7, 11) is 0. The van der Waals surface area contributed by atoms with E-state index in [4.69, 9.17) is 0 Å². The molecule has 0 aliphatic carbocycles. The summed E-state index contributed by atoms with van der Waals surface area (Å²) >= 11 is 1.34. The van der Waals surface area contributed by atoms with Crippen molar-refractivity contribution in [3.05, 3.63) is 59.4 Å². The van der Waals surface area contributed by atoms with Gasteiger partial charge in [-0.15, -0.1) is 11.3 Å². The van der Waals surface area contributed by atoms with E-state index in [0.29, 0.717) is 40.4 Å². The molecule has 1 aliphatic heterocycles. The van der Waals surface area contributed by atoms with Crippen LogP contribution in [0.3, 0.4) is 0 Å². The summed E-state index contributed by atoms with van der Waals surface area (Å²) in [4.78, 5) is 36.2. The van der Waals surface area contributed by atoms with Crippen LogP contribution in [0, 0.1) is 6.92 Å². The molecular weight excluding hydrogens is 464 g/mol. The topological polar surface area (TPSA) is 129 Å². The fraction of sp³-hybridized carbons (Fsp3) is 0.250. The van der Waals surface area contributed by atoms with Crippen molar-refractivity contribution in [2.45, 2.75) is 26.2 Å². The number of aromatic nitrogens is 5. The van der Waals surface area contributed by atoms with Crippen molar-refractivity contribution in [2.24, 2.45) is 0 Å². The van der Waals surface area contributed by atoms with Crippen molar-refractivity contribution >= 4 is 45.6 Å². The van der Waals surface area contributed by atoms with E-state index in [0.717, 1.165) is 43.0 Å². The number of aromatic carboxylic acids is 1. The van der Waals surface area contributed by atoms with Gasteiger partial charge in [-0.1, -0.05) is 6.07 Å². The number of piperidine rings is 1. The number of hydrogen-bond donors (Lipinski definition) is 3. The van der Waals surface area contributed by atoms with Crippen molar-refractivity contribution < 1.29 is 9.90 Å². The van der Waals surface area contributed by atoms with Crippen molar-refractivity contribution in [3.8, 4) is 11.5 Å². The molecule has 10 nitrogen and oxygen atoms in total. The smallest absolute Gasteiger partial charge is 0.338 e. The van der Waals surface area contributed by atoms with Crippen LogP contribution < -0.4 is 15.5 Å². The highest BCUT2D eigenvalue weighted by Gasteiger charge is 2.24. The van der Waals surface area contributed by atoms with Gasteiger partial charge in [0.15, 0.2) is 5.82 Å². The van der Waals surface area contributed by atoms with E-state index in [2.05, 4.69) is 40.5 Å². The molecule has 11 heteroatoms. The molecule has 0 bridgehead atoms. The normalized spacial score (nSPS) is 13.5. The van der Waals surface area contributed by atoms with Gasteiger partial charge >= 0.3 is 5.97 Å². The average molecular weight is 489 g/mol. The standard InChI is InChI=1S/C24H24N8O2S/c1-15-6-5-7-17(27-15)21-25-10-8-18(29-21)28-19-9-11-26-24(30-19)31-22-20(16(14-35-22)23(33)34)32-12-3-2-4-13-32/h5-11,14H,2-4,12-13H2,1H3,(H,33,34)(H2,25,26,28,29,30,31). The van der Waals surface area contributed by atoms with E-state index in [-0.39, 0.29) is 0 Å². The molecule has 4 aromatic rings. The molecule has 5 rings (SSSR count). The minimum atomic E-state index is -0.936. The van der Waals surface area contributed by atoms with Gasteiger partial charge in [0.25, 0.3) is 0 Å². The van der Waals surface area contributed by atoms with Gasteiger partial charge in [0.05, 0.1) is 11.3 Å². The number of nitrogens with one attached hydrogen (secondary N) is 2. The van der Waals surface area contributed by atoms with Gasteiger partial charge in [0.2, 0.25) is 5.95 Å². The lowest BCUT2D eigenvalue weighted by molar-refractivity contribution is 0.0698. The highest BCUT2D eigenvalue weighted by atomic mass is 32.1. The summed E-state index contributed by atoms with van der Waals surface area (Å²) < 4.78 is 0. The Kier molecular flexibility index (Phi) is 6.49. The van der Waals surface area contributed by atoms with Crippen LogP contribution in [0.2, 0.25) is 0 Å². The summed E-state index contributed by atoms with van der Waals surface area (Å²) in [5, 5.41) is 18.5. The zero-order valence-corrected chi connectivity index (χ0v) is 19.9. The van der Waals surface area contributed by atoms with E-state index in [1.807, 2.05) is 25.1 Å². The first kappa shape index (κ1) is 22.7. The summed E-state index contributed by atoms with van der Waals surface area (Å²) in [6.07, 6.45) is 6.55. The van der Waals surface area contributed by atoms with Crippen LogP contribution in [0.4, 0.5) is 28.3 Å². The van der Waals surface area contributed by atoms with Crippen molar-refractivity contribution in [1.82, 2.24) is 24.9 Å². The van der Waals surface area contributed by atoms with Crippen molar-refractivity contribution in [2.75, 3.05) is 28.6 Å². The number of rotatable bonds is 7. The maximum atomic E-state index is 11.8. The Hall–Kier alpha value is -4.12. The molecule has 4 aromatic heterocycles. The predicted octanol–water partition coefficient (Wildman–Crippen LogP) is 4.87. The van der Waals surface area contributed by atoms with Gasteiger partial charge in [-0.05, 0) is 50.5 Å². The van der Waals surface area contributed by atoms with E-state index >= 15 is 0 Å². The zero-order chi connectivity index (χ0) is 24.2. The Labute approximate surface area is 206 Å². The number of pyridine rings is 1. The summed E-state index contributed by atoms with van der Waals surface area (Å²) in [6, 6.07) is 9.19. The molecule has 0 unspecified atom stereocenters. The molecular formula is C24H24N8O2S. The minimum absolute atomic E-state index is 0.298. The van der Waals surface area contributed by atoms with Gasteiger partial charge < -0.3 is 20.6 Å². The molecule has 178 valence electrons. The van der Waals surface area contributed by atoms with E-state index in [1.165, 1.54) is 11.3 Å². The molecule has 35 heavy (non-hydrogen) atoms. The van der Waals surface area contributed by atoms with Crippen LogP contribution in [0.1, 0.15) is 35.3 Å². The van der Waals surface area contributed by atoms with E-state index < -0.39 is 5.97 Å². The van der Waals surface area contributed by atoms with Crippen molar-refractivity contribution in [3.63, 3.8) is 0 Å². The first-order chi connectivity index (χ1) is 17.1. The number of carboxylic acids is 1. The van der Waals surface area contributed by atoms with Crippen molar-refractivity contribution in [1.29, 1.82) is 0 Å². The number of nitrogens with zero attached hydrogens (tertiary/aromatic N) is 6. The fourth-order valence-corrected chi connectivity index (χ4v) is 4.91. The summed E-state index contributed by atoms with van der Waals surface area (Å²) in [5.41, 5.74) is 2.58. The largest absolute Gasteiger partial charge is 0.478 e. The van der Waals surface area contributed by atoms with Gasteiger partial charge in [-0.25, -0.2) is 24.7 Å². The number of carboxylic acid groups (broad SMARTS) is 1. The second kappa shape index (κ2) is 10.0. The number of aryl methyl sites for hydroxylation is 1. The third-order valence-corrected chi connectivity index (χ3v) is 6.46. The van der Waals surface area contributed by atoms with Gasteiger partial charge in [0, 0.05) is 36.6 Å². The molecule has 1 saturated heterocycles. The van der Waals surface area contributed by atoms with Crippen LogP contribution in [-0.4, -0.2) is 49.1 Å². The molecule has 0 saturated carbocycles. The molecule has 0 radical (unpaired) electrons. The number of hydrogen-bond acceptors (Lipinski definition) is 10. The molecule has 1 fully saturated rings. The molecule has 0 spiro atoms. The number of thiophene rings is 1. The highest BCUT2D eigenvalue weighted by molar-refractivity contribution is 7.15. The average Bonchev–Trinajstić information content (AvgIpc) is 3.29. The summed E-state index contributed by atoms with van der Waals surface area (Å²) in [6.45, 7) is 3.59. The van der Waals surface area contributed by atoms with Crippen LogP contribution in [0.25, 0.3) is 11.5 Å². The Bertz CT molecular complexity index is 1350. The Morgan fingerprint density at radius 2 is 1.74 bits per heavy atom. The quantitative estimate of drug-likeness (QED) is 0.331. The number of anilines is 5. The lowest BCUT2D eigenvalue weighted by Gasteiger charge is -2.29. The monoisotopic (exact) mass is 488 g/mol.